The molecule has 0 heterocycles. The Morgan fingerprint density at radius 1 is 1.54 bits per heavy atom. The van der Waals surface area contributed by atoms with Crippen molar-refractivity contribution in [2.75, 3.05) is 6.61 Å². The van der Waals surface area contributed by atoms with Gasteiger partial charge in [0, 0.05) is 0 Å². The Bertz CT molecular complexity index is 172. The maximum Gasteiger partial charge on any atom is 0.279 e. The zero-order valence-electron chi connectivity index (χ0n) is 8.20. The van der Waals surface area contributed by atoms with Gasteiger partial charge in [-0.1, -0.05) is 33.1 Å². The zero-order valence-corrected chi connectivity index (χ0v) is 10.7. The quantitative estimate of drug-likeness (QED) is 0.693. The summed E-state index contributed by atoms with van der Waals surface area (Å²) in [6, 6.07) is 0. The van der Waals surface area contributed by atoms with Crippen LogP contribution in [-0.2, 0) is 16.3 Å². The lowest BCUT2D eigenvalue weighted by Crippen LogP contribution is -2.06. The summed E-state index contributed by atoms with van der Waals surface area (Å²) in [6.45, 7) is 4.76. The van der Waals surface area contributed by atoms with Gasteiger partial charge in [-0.3, -0.25) is 0 Å². The summed E-state index contributed by atoms with van der Waals surface area (Å²) in [4.78, 5) is 9.06. The Balaban J connectivity index is 3.65. The molecule has 0 amide bonds. The molecule has 0 aromatic heterocycles. The molecular formula is C8H18ClO2PS. The second-order valence-corrected chi connectivity index (χ2v) is 7.79. The van der Waals surface area contributed by atoms with Crippen molar-refractivity contribution >= 4 is 28.9 Å². The first-order valence-electron chi connectivity index (χ1n) is 4.66. The maximum atomic E-state index is 9.06. The minimum absolute atomic E-state index is 0.480. The smallest absolute Gasteiger partial charge is 0.279 e. The van der Waals surface area contributed by atoms with Crippen LogP contribution in [0.15, 0.2) is 0 Å². The third-order valence-corrected chi connectivity index (χ3v) is 3.09. The highest BCUT2D eigenvalue weighted by Crippen LogP contribution is 2.48. The van der Waals surface area contributed by atoms with Crippen LogP contribution < -0.4 is 0 Å². The topological polar surface area (TPSA) is 29.5 Å². The maximum absolute atomic E-state index is 9.06. The molecule has 5 heteroatoms. The number of hydrogen-bond donors (Lipinski definition) is 1. The van der Waals surface area contributed by atoms with Crippen molar-refractivity contribution in [1.29, 1.82) is 0 Å². The van der Waals surface area contributed by atoms with Crippen LogP contribution >= 0.6 is 17.1 Å². The Morgan fingerprint density at radius 2 is 2.15 bits per heavy atom. The summed E-state index contributed by atoms with van der Waals surface area (Å²) >= 11 is 10.0. The van der Waals surface area contributed by atoms with Crippen LogP contribution in [0.25, 0.3) is 0 Å². The van der Waals surface area contributed by atoms with E-state index in [9.17, 15) is 0 Å². The standard InChI is InChI=1S/C8H18ClO2PS/c1-3-5-6-8(4-2)7-11-12(9,10)13/h8H,3-7H2,1-2H3,(H,10,13). The molecule has 13 heavy (non-hydrogen) atoms. The Labute approximate surface area is 90.6 Å². The van der Waals surface area contributed by atoms with Crippen molar-refractivity contribution in [2.24, 2.45) is 5.92 Å². The predicted octanol–water partition coefficient (Wildman–Crippen LogP) is 3.68. The van der Waals surface area contributed by atoms with Crippen LogP contribution in [0.4, 0.5) is 0 Å². The van der Waals surface area contributed by atoms with Crippen molar-refractivity contribution in [3.8, 4) is 0 Å². The first kappa shape index (κ1) is 13.9. The molecule has 1 N–H and O–H groups in total. The second-order valence-electron chi connectivity index (χ2n) is 3.16. The molecule has 0 spiro atoms. The third-order valence-electron chi connectivity index (χ3n) is 2.01. The van der Waals surface area contributed by atoms with E-state index in [-0.39, 0.29) is 0 Å². The highest BCUT2D eigenvalue weighted by Gasteiger charge is 2.12. The summed E-state index contributed by atoms with van der Waals surface area (Å²) in [5.74, 6) is -2.48. The van der Waals surface area contributed by atoms with Gasteiger partial charge in [-0.2, -0.15) is 0 Å². The summed E-state index contributed by atoms with van der Waals surface area (Å²) in [6.07, 6.45) is 4.55. The van der Waals surface area contributed by atoms with Gasteiger partial charge in [-0.15, -0.1) is 0 Å². The molecule has 2 nitrogen and oxygen atoms in total. The molecule has 2 unspecified atom stereocenters. The lowest BCUT2D eigenvalue weighted by molar-refractivity contribution is 0.237. The monoisotopic (exact) mass is 244 g/mol. The van der Waals surface area contributed by atoms with Crippen LogP contribution in [0.5, 0.6) is 0 Å². The third kappa shape index (κ3) is 9.17. The SMILES string of the molecule is CCCCC(CC)COP(O)(=S)Cl. The normalized spacial score (nSPS) is 18.2. The van der Waals surface area contributed by atoms with Crippen LogP contribution in [-0.4, -0.2) is 11.5 Å². The van der Waals surface area contributed by atoms with Crippen LogP contribution in [0.3, 0.4) is 0 Å². The molecule has 0 rings (SSSR count). The van der Waals surface area contributed by atoms with Gasteiger partial charge in [0.2, 0.25) is 0 Å². The fourth-order valence-corrected chi connectivity index (χ4v) is 1.84. The van der Waals surface area contributed by atoms with E-state index < -0.39 is 5.84 Å². The average molecular weight is 245 g/mol. The molecule has 0 aliphatic rings. The molecule has 80 valence electrons. The zero-order chi connectivity index (χ0) is 10.3. The van der Waals surface area contributed by atoms with E-state index in [0.29, 0.717) is 12.5 Å². The van der Waals surface area contributed by atoms with Crippen molar-refractivity contribution in [1.82, 2.24) is 0 Å². The van der Waals surface area contributed by atoms with Gasteiger partial charge in [0.1, 0.15) is 0 Å². The van der Waals surface area contributed by atoms with Crippen molar-refractivity contribution in [2.45, 2.75) is 39.5 Å². The lowest BCUT2D eigenvalue weighted by atomic mass is 10.0. The fourth-order valence-electron chi connectivity index (χ4n) is 1.10. The summed E-state index contributed by atoms with van der Waals surface area (Å²) in [5.41, 5.74) is 0. The number of hydrogen-bond acceptors (Lipinski definition) is 2. The first-order valence-corrected chi connectivity index (χ1v) is 8.24. The molecule has 0 radical (unpaired) electrons. The molecule has 0 fully saturated rings. The van der Waals surface area contributed by atoms with Gasteiger partial charge in [-0.05, 0) is 35.4 Å². The van der Waals surface area contributed by atoms with Gasteiger partial charge in [-0.25, -0.2) is 0 Å². The van der Waals surface area contributed by atoms with Crippen molar-refractivity contribution < 1.29 is 9.42 Å². The van der Waals surface area contributed by atoms with E-state index in [1.807, 2.05) is 0 Å². The number of rotatable bonds is 7. The first-order chi connectivity index (χ1) is 5.99. The summed E-state index contributed by atoms with van der Waals surface area (Å²) in [5, 5.41) is 0. The van der Waals surface area contributed by atoms with E-state index in [4.69, 9.17) is 20.7 Å². The number of unbranched alkanes of at least 4 members (excludes halogenated alkanes) is 1. The summed E-state index contributed by atoms with van der Waals surface area (Å²) in [7, 11) is 0. The summed E-state index contributed by atoms with van der Waals surface area (Å²) < 4.78 is 5.03. The Hall–Kier alpha value is 0.860. The minimum Gasteiger partial charge on any atom is -0.334 e. The van der Waals surface area contributed by atoms with E-state index in [0.717, 1.165) is 12.8 Å². The largest absolute Gasteiger partial charge is 0.334 e. The van der Waals surface area contributed by atoms with Crippen molar-refractivity contribution in [3.05, 3.63) is 0 Å². The lowest BCUT2D eigenvalue weighted by Gasteiger charge is -2.16. The molecule has 0 aromatic carbocycles. The predicted molar refractivity (Wildman–Crippen MR) is 61.6 cm³/mol. The van der Waals surface area contributed by atoms with Gasteiger partial charge >= 0.3 is 0 Å². The average Bonchev–Trinajstić information content (AvgIpc) is 2.03. The molecule has 0 saturated heterocycles. The Kier molecular flexibility index (Phi) is 7.67. The van der Waals surface area contributed by atoms with E-state index in [1.54, 1.807) is 0 Å². The van der Waals surface area contributed by atoms with Crippen LogP contribution in [0.2, 0.25) is 0 Å². The molecule has 0 aliphatic heterocycles. The molecule has 0 aromatic rings. The highest BCUT2D eigenvalue weighted by atomic mass is 35.7. The van der Waals surface area contributed by atoms with Crippen molar-refractivity contribution in [3.63, 3.8) is 0 Å². The molecule has 0 bridgehead atoms. The van der Waals surface area contributed by atoms with E-state index in [2.05, 4.69) is 25.7 Å². The number of halogens is 1. The molecule has 2 atom stereocenters. The molecule has 0 saturated carbocycles. The van der Waals surface area contributed by atoms with E-state index in [1.165, 1.54) is 12.8 Å². The van der Waals surface area contributed by atoms with Gasteiger partial charge in [0.05, 0.1) is 6.61 Å². The van der Waals surface area contributed by atoms with Gasteiger partial charge < -0.3 is 9.42 Å². The molecule has 0 aliphatic carbocycles. The second kappa shape index (κ2) is 7.19. The Morgan fingerprint density at radius 3 is 2.54 bits per heavy atom. The van der Waals surface area contributed by atoms with Gasteiger partial charge in [0.15, 0.2) is 0 Å². The van der Waals surface area contributed by atoms with Crippen LogP contribution in [0, 0.1) is 5.92 Å². The van der Waals surface area contributed by atoms with Gasteiger partial charge in [0.25, 0.3) is 5.84 Å². The van der Waals surface area contributed by atoms with Crippen LogP contribution in [0.1, 0.15) is 39.5 Å². The molecular weight excluding hydrogens is 227 g/mol. The minimum atomic E-state index is -2.96. The van der Waals surface area contributed by atoms with E-state index >= 15 is 0 Å². The fraction of sp³-hybridized carbons (Fsp3) is 1.00. The highest BCUT2D eigenvalue weighted by molar-refractivity contribution is 8.21.